The first-order valence-corrected chi connectivity index (χ1v) is 7.95. The molecule has 1 aromatic carbocycles. The molecule has 0 spiro atoms. The van der Waals surface area contributed by atoms with Crippen molar-refractivity contribution in [3.63, 3.8) is 0 Å². The van der Waals surface area contributed by atoms with Gasteiger partial charge in [0.05, 0.1) is 20.5 Å². The number of hydrogen-bond acceptors (Lipinski definition) is 1. The van der Waals surface area contributed by atoms with Gasteiger partial charge in [-0.2, -0.15) is 0 Å². The molecule has 0 bridgehead atoms. The lowest BCUT2D eigenvalue weighted by Crippen LogP contribution is -2.27. The summed E-state index contributed by atoms with van der Waals surface area (Å²) in [6, 6.07) is 3.34. The van der Waals surface area contributed by atoms with Crippen LogP contribution in [0.1, 0.15) is 39.4 Å². The molecule has 1 heterocycles. The summed E-state index contributed by atoms with van der Waals surface area (Å²) >= 11 is 8.00. The van der Waals surface area contributed by atoms with Crippen LogP contribution in [-0.2, 0) is 11.4 Å². The topological polar surface area (TPSA) is 17.8 Å². The normalized spacial score (nSPS) is 12.3. The van der Waals surface area contributed by atoms with Gasteiger partial charge < -0.3 is 4.57 Å². The second-order valence-electron chi connectivity index (χ2n) is 5.31. The van der Waals surface area contributed by atoms with Crippen LogP contribution in [0.5, 0.6) is 0 Å². The number of halogens is 3. The highest BCUT2D eigenvalue weighted by Gasteiger charge is 2.25. The Morgan fingerprint density at radius 2 is 2.11 bits per heavy atom. The van der Waals surface area contributed by atoms with E-state index in [0.717, 1.165) is 29.7 Å². The number of alkyl halides is 1. The van der Waals surface area contributed by atoms with Crippen LogP contribution >= 0.6 is 34.2 Å². The van der Waals surface area contributed by atoms with Gasteiger partial charge in [0.2, 0.25) is 0 Å². The van der Waals surface area contributed by atoms with E-state index in [1.54, 1.807) is 12.1 Å². The Balaban J connectivity index is 2.73. The lowest BCUT2D eigenvalue weighted by atomic mass is 9.98. The van der Waals surface area contributed by atoms with Crippen molar-refractivity contribution in [2.75, 3.05) is 0 Å². The summed E-state index contributed by atoms with van der Waals surface area (Å²) in [5.74, 6) is 0.930. The van der Waals surface area contributed by atoms with Crippen LogP contribution in [0.25, 0.3) is 11.0 Å². The van der Waals surface area contributed by atoms with Crippen molar-refractivity contribution in [3.05, 3.63) is 27.3 Å². The number of fused-ring (bicyclic) bond motifs is 1. The molecule has 2 aromatic rings. The van der Waals surface area contributed by atoms with Crippen molar-refractivity contribution in [2.24, 2.45) is 0 Å². The number of imidazole rings is 1. The lowest BCUT2D eigenvalue weighted by molar-refractivity contribution is 0.326. The van der Waals surface area contributed by atoms with Crippen LogP contribution in [0.3, 0.4) is 0 Å². The van der Waals surface area contributed by atoms with Crippen LogP contribution in [-0.4, -0.2) is 9.55 Å². The molecular weight excluding hydrogens is 378 g/mol. The Morgan fingerprint density at radius 3 is 2.68 bits per heavy atom. The Bertz CT molecular complexity index is 607. The minimum Gasteiger partial charge on any atom is -0.321 e. The van der Waals surface area contributed by atoms with E-state index < -0.39 is 0 Å². The molecule has 0 unspecified atom stereocenters. The first-order valence-electron chi connectivity index (χ1n) is 6.33. The van der Waals surface area contributed by atoms with Gasteiger partial charge in [0, 0.05) is 11.6 Å². The largest absolute Gasteiger partial charge is 0.321 e. The van der Waals surface area contributed by atoms with E-state index in [2.05, 4.69) is 30.3 Å². The monoisotopic (exact) mass is 394 g/mol. The average Bonchev–Trinajstić information content (AvgIpc) is 2.68. The second-order valence-corrected chi connectivity index (χ2v) is 6.74. The molecule has 0 fully saturated rings. The molecule has 19 heavy (non-hydrogen) atoms. The third-order valence-corrected chi connectivity index (χ3v) is 4.42. The van der Waals surface area contributed by atoms with Crippen LogP contribution in [0.2, 0.25) is 0 Å². The first kappa shape index (κ1) is 15.0. The Morgan fingerprint density at radius 1 is 1.42 bits per heavy atom. The maximum absolute atomic E-state index is 13.8. The van der Waals surface area contributed by atoms with E-state index in [9.17, 15) is 4.39 Å². The maximum Gasteiger partial charge on any atom is 0.138 e. The minimum absolute atomic E-state index is 0.118. The molecule has 0 amide bonds. The molecule has 2 rings (SSSR count). The van der Waals surface area contributed by atoms with E-state index in [-0.39, 0.29) is 11.4 Å². The van der Waals surface area contributed by atoms with E-state index in [1.807, 2.05) is 22.6 Å². The zero-order valence-corrected chi connectivity index (χ0v) is 14.2. The maximum atomic E-state index is 13.8. The molecule has 0 aliphatic carbocycles. The van der Waals surface area contributed by atoms with Crippen molar-refractivity contribution in [1.82, 2.24) is 9.55 Å². The summed E-state index contributed by atoms with van der Waals surface area (Å²) in [7, 11) is 0. The van der Waals surface area contributed by atoms with Gasteiger partial charge in [0.1, 0.15) is 11.6 Å². The van der Waals surface area contributed by atoms with Gasteiger partial charge in [-0.25, -0.2) is 9.37 Å². The number of aromatic nitrogens is 2. The van der Waals surface area contributed by atoms with Gasteiger partial charge in [-0.1, -0.05) is 13.3 Å². The molecule has 0 atom stereocenters. The van der Waals surface area contributed by atoms with Gasteiger partial charge in [0.25, 0.3) is 0 Å². The summed E-state index contributed by atoms with van der Waals surface area (Å²) in [5.41, 5.74) is 1.52. The molecule has 0 N–H and O–H groups in total. The Hall–Kier alpha value is -0.360. The summed E-state index contributed by atoms with van der Waals surface area (Å²) in [6.07, 6.45) is 2.05. The van der Waals surface area contributed by atoms with Crippen LogP contribution in [0.4, 0.5) is 4.39 Å². The molecule has 5 heteroatoms. The smallest absolute Gasteiger partial charge is 0.138 e. The summed E-state index contributed by atoms with van der Waals surface area (Å²) in [5, 5.41) is 0. The molecular formula is C14H17ClFIN2. The predicted octanol–water partition coefficient (Wildman–Crippen LogP) is 5.05. The molecule has 1 aromatic heterocycles. The fourth-order valence-corrected chi connectivity index (χ4v) is 3.24. The van der Waals surface area contributed by atoms with Gasteiger partial charge in [-0.3, -0.25) is 0 Å². The van der Waals surface area contributed by atoms with Gasteiger partial charge in [-0.15, -0.1) is 11.6 Å². The first-order chi connectivity index (χ1) is 8.90. The van der Waals surface area contributed by atoms with Gasteiger partial charge in [-0.05, 0) is 48.9 Å². The SMILES string of the molecule is CCCC(C)(C)n1c(CCl)nc2cc(I)c(F)cc21. The van der Waals surface area contributed by atoms with Crippen LogP contribution in [0.15, 0.2) is 12.1 Å². The Kier molecular flexibility index (Phi) is 4.40. The van der Waals surface area contributed by atoms with Crippen molar-refractivity contribution in [1.29, 1.82) is 0 Å². The lowest BCUT2D eigenvalue weighted by Gasteiger charge is -2.29. The van der Waals surface area contributed by atoms with Gasteiger partial charge in [0.15, 0.2) is 0 Å². The number of rotatable bonds is 4. The third kappa shape index (κ3) is 2.75. The fourth-order valence-electron chi connectivity index (χ4n) is 2.61. The summed E-state index contributed by atoms with van der Waals surface area (Å²) in [4.78, 5) is 4.54. The van der Waals surface area contributed by atoms with E-state index >= 15 is 0 Å². The third-order valence-electron chi connectivity index (χ3n) is 3.35. The van der Waals surface area contributed by atoms with Crippen molar-refractivity contribution in [2.45, 2.75) is 45.0 Å². The zero-order valence-electron chi connectivity index (χ0n) is 11.3. The number of nitrogens with zero attached hydrogens (tertiary/aromatic N) is 2. The minimum atomic E-state index is -0.206. The highest BCUT2D eigenvalue weighted by molar-refractivity contribution is 14.1. The fraction of sp³-hybridized carbons (Fsp3) is 0.500. The molecule has 0 radical (unpaired) electrons. The number of benzene rings is 1. The van der Waals surface area contributed by atoms with E-state index in [4.69, 9.17) is 11.6 Å². The molecule has 2 nitrogen and oxygen atoms in total. The summed E-state index contributed by atoms with van der Waals surface area (Å²) < 4.78 is 16.5. The molecule has 0 saturated carbocycles. The quantitative estimate of drug-likeness (QED) is 0.524. The highest BCUT2D eigenvalue weighted by atomic mass is 127. The molecule has 0 saturated heterocycles. The highest BCUT2D eigenvalue weighted by Crippen LogP contribution is 2.31. The predicted molar refractivity (Wildman–Crippen MR) is 86.2 cm³/mol. The van der Waals surface area contributed by atoms with Crippen molar-refractivity contribution >= 4 is 45.2 Å². The Labute approximate surface area is 131 Å². The van der Waals surface area contributed by atoms with E-state index in [1.165, 1.54) is 0 Å². The van der Waals surface area contributed by atoms with Crippen molar-refractivity contribution < 1.29 is 4.39 Å². The standard InChI is InChI=1S/C14H17ClFIN2/c1-4-5-14(2,3)19-12-6-9(16)10(17)7-11(12)18-13(19)8-15/h6-7H,4-5,8H2,1-3H3. The summed E-state index contributed by atoms with van der Waals surface area (Å²) in [6.45, 7) is 6.43. The zero-order chi connectivity index (χ0) is 14.2. The van der Waals surface area contributed by atoms with Crippen LogP contribution in [0, 0.1) is 9.39 Å². The molecule has 104 valence electrons. The number of hydrogen-bond donors (Lipinski definition) is 0. The van der Waals surface area contributed by atoms with Crippen LogP contribution < -0.4 is 0 Å². The second kappa shape index (κ2) is 5.56. The van der Waals surface area contributed by atoms with E-state index in [0.29, 0.717) is 9.45 Å². The van der Waals surface area contributed by atoms with Gasteiger partial charge >= 0.3 is 0 Å². The molecule has 0 aliphatic rings. The molecule has 0 aliphatic heterocycles. The van der Waals surface area contributed by atoms with Crippen molar-refractivity contribution in [3.8, 4) is 0 Å². The average molecular weight is 395 g/mol.